The molecule has 2 aliphatic rings. The molecule has 0 radical (unpaired) electrons. The van der Waals surface area contributed by atoms with Gasteiger partial charge in [0.05, 0.1) is 25.1 Å². The summed E-state index contributed by atoms with van der Waals surface area (Å²) in [6, 6.07) is 2.81. The Morgan fingerprint density at radius 3 is 2.88 bits per heavy atom. The average Bonchev–Trinajstić information content (AvgIpc) is 2.81. The third-order valence-electron chi connectivity index (χ3n) is 4.18. The van der Waals surface area contributed by atoms with Gasteiger partial charge in [-0.1, -0.05) is 0 Å². The van der Waals surface area contributed by atoms with Gasteiger partial charge < -0.3 is 25.6 Å². The first-order chi connectivity index (χ1) is 11.7. The Kier molecular flexibility index (Phi) is 5.47. The minimum atomic E-state index is -0.479. The van der Waals surface area contributed by atoms with Gasteiger partial charge in [0.1, 0.15) is 11.9 Å². The molecular formula is C16H23N5O3. The lowest BCUT2D eigenvalue weighted by atomic mass is 10.1. The Bertz CT molecular complexity index is 572. The molecule has 0 saturated carbocycles. The molecule has 1 aromatic heterocycles. The van der Waals surface area contributed by atoms with Crippen molar-refractivity contribution in [1.29, 1.82) is 0 Å². The van der Waals surface area contributed by atoms with Crippen molar-refractivity contribution in [2.24, 2.45) is 0 Å². The molecule has 8 nitrogen and oxygen atoms in total. The number of amides is 3. The molecule has 0 aliphatic carbocycles. The minimum Gasteiger partial charge on any atom is -0.378 e. The van der Waals surface area contributed by atoms with Gasteiger partial charge >= 0.3 is 6.03 Å². The highest BCUT2D eigenvalue weighted by molar-refractivity contribution is 5.93. The van der Waals surface area contributed by atoms with Gasteiger partial charge in [-0.25, -0.2) is 9.78 Å². The van der Waals surface area contributed by atoms with Gasteiger partial charge in [0.25, 0.3) is 0 Å². The zero-order valence-electron chi connectivity index (χ0n) is 13.6. The summed E-state index contributed by atoms with van der Waals surface area (Å²) in [7, 11) is 0. The van der Waals surface area contributed by atoms with Crippen LogP contribution in [0.1, 0.15) is 19.3 Å². The highest BCUT2D eigenvalue weighted by atomic mass is 16.5. The quantitative estimate of drug-likeness (QED) is 0.757. The second-order valence-electron chi connectivity index (χ2n) is 5.94. The average molecular weight is 333 g/mol. The van der Waals surface area contributed by atoms with Crippen LogP contribution in [-0.4, -0.2) is 55.8 Å². The number of urea groups is 1. The van der Waals surface area contributed by atoms with Crippen LogP contribution < -0.4 is 20.9 Å². The maximum atomic E-state index is 12.1. The molecule has 1 aromatic rings. The number of morpholine rings is 1. The summed E-state index contributed by atoms with van der Waals surface area (Å²) in [5, 5.41) is 8.24. The molecule has 0 spiro atoms. The topological polar surface area (TPSA) is 95.6 Å². The van der Waals surface area contributed by atoms with E-state index >= 15 is 0 Å². The molecule has 3 amide bonds. The van der Waals surface area contributed by atoms with Crippen molar-refractivity contribution >= 4 is 23.4 Å². The summed E-state index contributed by atoms with van der Waals surface area (Å²) in [4.78, 5) is 30.4. The highest BCUT2D eigenvalue weighted by Gasteiger charge is 2.22. The predicted molar refractivity (Wildman–Crippen MR) is 90.1 cm³/mol. The van der Waals surface area contributed by atoms with Crippen molar-refractivity contribution in [2.75, 3.05) is 43.1 Å². The number of ether oxygens (including phenoxy) is 1. The van der Waals surface area contributed by atoms with E-state index in [4.69, 9.17) is 4.74 Å². The molecule has 130 valence electrons. The van der Waals surface area contributed by atoms with Crippen molar-refractivity contribution in [3.05, 3.63) is 18.3 Å². The molecule has 1 atom stereocenters. The number of carbonyl (C=O) groups is 2. The zero-order valence-corrected chi connectivity index (χ0v) is 13.6. The van der Waals surface area contributed by atoms with Crippen molar-refractivity contribution in [2.45, 2.75) is 25.3 Å². The van der Waals surface area contributed by atoms with Gasteiger partial charge in [-0.3, -0.25) is 4.79 Å². The van der Waals surface area contributed by atoms with Crippen LogP contribution in [-0.2, 0) is 9.53 Å². The second-order valence-corrected chi connectivity index (χ2v) is 5.94. The van der Waals surface area contributed by atoms with Gasteiger partial charge in [0.15, 0.2) is 0 Å². The SMILES string of the molecule is O=C(Nc1ccc(N2CCOCC2)nc1)N[C@@H]1CCCCNC1=O. The molecule has 3 rings (SSSR count). The molecule has 3 heterocycles. The molecule has 24 heavy (non-hydrogen) atoms. The number of rotatable bonds is 3. The third kappa shape index (κ3) is 4.35. The summed E-state index contributed by atoms with van der Waals surface area (Å²) in [6.07, 6.45) is 4.14. The predicted octanol–water partition coefficient (Wildman–Crippen LogP) is 0.708. The first kappa shape index (κ1) is 16.5. The van der Waals surface area contributed by atoms with Crippen molar-refractivity contribution in [3.8, 4) is 0 Å². The highest BCUT2D eigenvalue weighted by Crippen LogP contribution is 2.15. The number of hydrogen-bond acceptors (Lipinski definition) is 5. The van der Waals surface area contributed by atoms with Gasteiger partial charge in [0, 0.05) is 19.6 Å². The number of nitrogens with zero attached hydrogens (tertiary/aromatic N) is 2. The molecule has 8 heteroatoms. The van der Waals surface area contributed by atoms with E-state index in [1.807, 2.05) is 12.1 Å². The Morgan fingerprint density at radius 1 is 1.29 bits per heavy atom. The molecule has 2 aliphatic heterocycles. The molecule has 3 N–H and O–H groups in total. The first-order valence-corrected chi connectivity index (χ1v) is 8.36. The number of nitrogens with one attached hydrogen (secondary N) is 3. The van der Waals surface area contributed by atoms with Crippen molar-refractivity contribution < 1.29 is 14.3 Å². The number of aromatic nitrogens is 1. The summed E-state index contributed by atoms with van der Waals surface area (Å²) in [5.41, 5.74) is 0.596. The second kappa shape index (κ2) is 7.96. The largest absolute Gasteiger partial charge is 0.378 e. The van der Waals surface area contributed by atoms with Crippen molar-refractivity contribution in [1.82, 2.24) is 15.6 Å². The molecular weight excluding hydrogens is 310 g/mol. The van der Waals surface area contributed by atoms with Crippen LogP contribution in [0.2, 0.25) is 0 Å². The Morgan fingerprint density at radius 2 is 2.12 bits per heavy atom. The summed E-state index contributed by atoms with van der Waals surface area (Å²) >= 11 is 0. The Hall–Kier alpha value is -2.35. The number of pyridine rings is 1. The molecule has 0 aromatic carbocycles. The summed E-state index contributed by atoms with van der Waals surface area (Å²) in [6.45, 7) is 3.71. The zero-order chi connectivity index (χ0) is 16.8. The van der Waals surface area contributed by atoms with Crippen LogP contribution >= 0.6 is 0 Å². The van der Waals surface area contributed by atoms with Crippen LogP contribution in [0.3, 0.4) is 0 Å². The lowest BCUT2D eigenvalue weighted by molar-refractivity contribution is -0.122. The van der Waals surface area contributed by atoms with Gasteiger partial charge in [-0.2, -0.15) is 0 Å². The first-order valence-electron chi connectivity index (χ1n) is 8.36. The van der Waals surface area contributed by atoms with Crippen LogP contribution in [0.5, 0.6) is 0 Å². The number of carbonyl (C=O) groups excluding carboxylic acids is 2. The number of anilines is 2. The van der Waals surface area contributed by atoms with E-state index < -0.39 is 12.1 Å². The molecule has 2 fully saturated rings. The van der Waals surface area contributed by atoms with Gasteiger partial charge in [0.2, 0.25) is 5.91 Å². The lowest BCUT2D eigenvalue weighted by Crippen LogP contribution is -2.47. The molecule has 0 unspecified atom stereocenters. The standard InChI is InChI=1S/C16H23N5O3/c22-15-13(3-1-2-6-17-15)20-16(23)19-12-4-5-14(18-11-12)21-7-9-24-10-8-21/h4-5,11,13H,1-3,6-10H2,(H,17,22)(H2,19,20,23)/t13-/m1/s1. The van der Waals surface area contributed by atoms with E-state index in [2.05, 4.69) is 25.8 Å². The minimum absolute atomic E-state index is 0.122. The Balaban J connectivity index is 1.53. The maximum Gasteiger partial charge on any atom is 0.319 e. The van der Waals surface area contributed by atoms with Crippen molar-refractivity contribution in [3.63, 3.8) is 0 Å². The normalized spacial score (nSPS) is 21.6. The van der Waals surface area contributed by atoms with E-state index in [0.717, 1.165) is 31.7 Å². The fourth-order valence-corrected chi connectivity index (χ4v) is 2.84. The molecule has 0 bridgehead atoms. The van der Waals surface area contributed by atoms with E-state index in [-0.39, 0.29) is 5.91 Å². The van der Waals surface area contributed by atoms with Gasteiger partial charge in [-0.15, -0.1) is 0 Å². The Labute approximate surface area is 140 Å². The fraction of sp³-hybridized carbons (Fsp3) is 0.562. The van der Waals surface area contributed by atoms with E-state index in [1.165, 1.54) is 0 Å². The van der Waals surface area contributed by atoms with E-state index in [0.29, 0.717) is 31.9 Å². The van der Waals surface area contributed by atoms with Crippen LogP contribution in [0, 0.1) is 0 Å². The van der Waals surface area contributed by atoms with E-state index in [1.54, 1.807) is 6.20 Å². The van der Waals surface area contributed by atoms with Gasteiger partial charge in [-0.05, 0) is 31.4 Å². The van der Waals surface area contributed by atoms with Crippen LogP contribution in [0.15, 0.2) is 18.3 Å². The summed E-state index contributed by atoms with van der Waals surface area (Å²) in [5.74, 6) is 0.746. The maximum absolute atomic E-state index is 12.1. The smallest absolute Gasteiger partial charge is 0.319 e. The van der Waals surface area contributed by atoms with Crippen LogP contribution in [0.4, 0.5) is 16.3 Å². The third-order valence-corrected chi connectivity index (χ3v) is 4.18. The lowest BCUT2D eigenvalue weighted by Gasteiger charge is -2.27. The molecule has 2 saturated heterocycles. The fourth-order valence-electron chi connectivity index (χ4n) is 2.84. The summed E-state index contributed by atoms with van der Waals surface area (Å²) < 4.78 is 5.32. The van der Waals surface area contributed by atoms with Crippen LogP contribution in [0.25, 0.3) is 0 Å². The monoisotopic (exact) mass is 333 g/mol. The van der Waals surface area contributed by atoms with E-state index in [9.17, 15) is 9.59 Å². The number of hydrogen-bond donors (Lipinski definition) is 3.